The number of carbonyl (C=O) groups excluding carboxylic acids is 1. The number of aryl methyl sites for hydroxylation is 1. The van der Waals surface area contributed by atoms with Gasteiger partial charge in [-0.05, 0) is 43.9 Å². The molecule has 0 fully saturated rings. The second kappa shape index (κ2) is 7.83. The number of esters is 1. The summed E-state index contributed by atoms with van der Waals surface area (Å²) in [5, 5.41) is 0. The predicted octanol–water partition coefficient (Wildman–Crippen LogP) is 5.04. The van der Waals surface area contributed by atoms with E-state index in [1.165, 1.54) is 12.7 Å². The molecule has 1 aromatic heterocycles. The van der Waals surface area contributed by atoms with E-state index in [9.17, 15) is 4.79 Å². The molecule has 27 heavy (non-hydrogen) atoms. The number of methoxy groups -OCH3 is 1. The van der Waals surface area contributed by atoms with Crippen molar-refractivity contribution in [2.24, 2.45) is 4.99 Å². The molecule has 140 valence electrons. The van der Waals surface area contributed by atoms with Gasteiger partial charge in [-0.25, -0.2) is 9.78 Å². The van der Waals surface area contributed by atoms with Crippen molar-refractivity contribution in [3.05, 3.63) is 75.0 Å². The van der Waals surface area contributed by atoms with Crippen molar-refractivity contribution >= 4 is 34.9 Å². The number of benzene rings is 1. The van der Waals surface area contributed by atoms with Crippen molar-refractivity contribution in [2.75, 3.05) is 7.11 Å². The van der Waals surface area contributed by atoms with E-state index >= 15 is 0 Å². The number of fused-ring (bicyclic) bond motifs is 1. The van der Waals surface area contributed by atoms with E-state index < -0.39 is 5.97 Å². The van der Waals surface area contributed by atoms with Crippen LogP contribution in [0.15, 0.2) is 52.1 Å². The van der Waals surface area contributed by atoms with Crippen LogP contribution in [0.1, 0.15) is 46.1 Å². The number of pyridine rings is 1. The average molecular weight is 403 g/mol. The fourth-order valence-electron chi connectivity index (χ4n) is 3.33. The molecule has 0 bridgehead atoms. The van der Waals surface area contributed by atoms with Gasteiger partial charge in [-0.15, -0.1) is 0 Å². The molecule has 0 amide bonds. The van der Waals surface area contributed by atoms with E-state index in [2.05, 4.69) is 24.0 Å². The van der Waals surface area contributed by atoms with Crippen molar-refractivity contribution in [1.82, 2.24) is 4.98 Å². The summed E-state index contributed by atoms with van der Waals surface area (Å²) >= 11 is 11.6. The molecular formula is C21H20Cl2N2O2. The van der Waals surface area contributed by atoms with Gasteiger partial charge in [-0.3, -0.25) is 4.99 Å². The lowest BCUT2D eigenvalue weighted by Crippen LogP contribution is -2.32. The highest BCUT2D eigenvalue weighted by molar-refractivity contribution is 6.55. The van der Waals surface area contributed by atoms with E-state index in [4.69, 9.17) is 32.9 Å². The van der Waals surface area contributed by atoms with Gasteiger partial charge in [0.1, 0.15) is 4.49 Å². The molecule has 1 aliphatic rings. The first-order valence-corrected chi connectivity index (χ1v) is 9.33. The second-order valence-corrected chi connectivity index (χ2v) is 7.88. The van der Waals surface area contributed by atoms with Crippen molar-refractivity contribution in [3.63, 3.8) is 0 Å². The van der Waals surface area contributed by atoms with Crippen LogP contribution in [0.25, 0.3) is 0 Å². The normalized spacial score (nSPS) is 18.3. The molecule has 0 aliphatic carbocycles. The predicted molar refractivity (Wildman–Crippen MR) is 109 cm³/mol. The molecule has 1 atom stereocenters. The van der Waals surface area contributed by atoms with Gasteiger partial charge < -0.3 is 4.74 Å². The zero-order chi connectivity index (χ0) is 19.6. The molecule has 4 nitrogen and oxygen atoms in total. The molecular weight excluding hydrogens is 383 g/mol. The minimum atomic E-state index is -0.447. The highest BCUT2D eigenvalue weighted by atomic mass is 35.5. The molecule has 6 heteroatoms. The summed E-state index contributed by atoms with van der Waals surface area (Å²) < 4.78 is 5.03. The van der Waals surface area contributed by atoms with Crippen LogP contribution in [0, 0.1) is 6.92 Å². The standard InChI is InChI=1S/C21H20Cl2N2O2/c1-13-10-15(12-24-18(13)20(26)27-3)19-16-7-5-4-6-14(16)11-21(2,25-19)9-8-17(22)23/h4-8,10,12H,9,11H2,1-3H3. The van der Waals surface area contributed by atoms with Crippen LogP contribution in [0.5, 0.6) is 0 Å². The number of nitrogens with zero attached hydrogens (tertiary/aromatic N) is 2. The summed E-state index contributed by atoms with van der Waals surface area (Å²) in [6.45, 7) is 3.92. The third-order valence-corrected chi connectivity index (χ3v) is 4.96. The van der Waals surface area contributed by atoms with Gasteiger partial charge in [0, 0.05) is 17.3 Å². The zero-order valence-electron chi connectivity index (χ0n) is 15.4. The monoisotopic (exact) mass is 402 g/mol. The summed E-state index contributed by atoms with van der Waals surface area (Å²) in [7, 11) is 1.35. The van der Waals surface area contributed by atoms with Gasteiger partial charge in [-0.2, -0.15) is 0 Å². The maximum atomic E-state index is 11.8. The van der Waals surface area contributed by atoms with E-state index in [1.54, 1.807) is 12.3 Å². The Hall–Kier alpha value is -2.17. The SMILES string of the molecule is COC(=O)c1ncc(C2=NC(C)(CC=C(Cl)Cl)Cc3ccccc32)cc1C. The number of ether oxygens (including phenoxy) is 1. The minimum Gasteiger partial charge on any atom is -0.464 e. The molecule has 2 aromatic rings. The van der Waals surface area contributed by atoms with E-state index in [1.807, 2.05) is 25.1 Å². The Morgan fingerprint density at radius 3 is 2.74 bits per heavy atom. The van der Waals surface area contributed by atoms with Crippen molar-refractivity contribution < 1.29 is 9.53 Å². The third kappa shape index (κ3) is 4.23. The molecule has 1 unspecified atom stereocenters. The first-order chi connectivity index (χ1) is 12.8. The van der Waals surface area contributed by atoms with Crippen LogP contribution in [0.4, 0.5) is 0 Å². The topological polar surface area (TPSA) is 51.5 Å². The largest absolute Gasteiger partial charge is 0.464 e. The summed E-state index contributed by atoms with van der Waals surface area (Å²) in [5.74, 6) is -0.447. The van der Waals surface area contributed by atoms with Gasteiger partial charge in [0.25, 0.3) is 0 Å². The van der Waals surface area contributed by atoms with Gasteiger partial charge >= 0.3 is 5.97 Å². The second-order valence-electron chi connectivity index (χ2n) is 6.87. The number of carbonyl (C=O) groups is 1. The lowest BCUT2D eigenvalue weighted by Gasteiger charge is -2.32. The van der Waals surface area contributed by atoms with Crippen molar-refractivity contribution in [3.8, 4) is 0 Å². The molecule has 0 spiro atoms. The Balaban J connectivity index is 2.10. The number of hydrogen-bond donors (Lipinski definition) is 0. The third-order valence-electron chi connectivity index (χ3n) is 4.65. The molecule has 3 rings (SSSR count). The lowest BCUT2D eigenvalue weighted by atomic mass is 9.82. The average Bonchev–Trinajstić information content (AvgIpc) is 2.65. The van der Waals surface area contributed by atoms with Gasteiger partial charge in [0.15, 0.2) is 5.69 Å². The maximum Gasteiger partial charge on any atom is 0.356 e. The Labute approximate surface area is 168 Å². The molecule has 1 aromatic carbocycles. The molecule has 0 radical (unpaired) electrons. The maximum absolute atomic E-state index is 11.8. The molecule has 0 saturated heterocycles. The molecule has 2 heterocycles. The lowest BCUT2D eigenvalue weighted by molar-refractivity contribution is 0.0593. The van der Waals surface area contributed by atoms with Gasteiger partial charge in [0.05, 0.1) is 18.4 Å². The Morgan fingerprint density at radius 2 is 2.07 bits per heavy atom. The number of halogens is 2. The Kier molecular flexibility index (Phi) is 5.68. The van der Waals surface area contributed by atoms with Crippen LogP contribution in [-0.4, -0.2) is 29.3 Å². The quantitative estimate of drug-likeness (QED) is 0.673. The van der Waals surface area contributed by atoms with E-state index in [0.29, 0.717) is 12.1 Å². The van der Waals surface area contributed by atoms with E-state index in [0.717, 1.165) is 28.8 Å². The first kappa shape index (κ1) is 19.6. The highest BCUT2D eigenvalue weighted by Crippen LogP contribution is 2.33. The van der Waals surface area contributed by atoms with Gasteiger partial charge in [0.2, 0.25) is 0 Å². The van der Waals surface area contributed by atoms with Crippen molar-refractivity contribution in [1.29, 1.82) is 0 Å². The van der Waals surface area contributed by atoms with Gasteiger partial charge in [-0.1, -0.05) is 53.5 Å². The zero-order valence-corrected chi connectivity index (χ0v) is 16.9. The van der Waals surface area contributed by atoms with Crippen LogP contribution >= 0.6 is 23.2 Å². The fraction of sp³-hybridized carbons (Fsp3) is 0.286. The summed E-state index contributed by atoms with van der Waals surface area (Å²) in [6.07, 6.45) is 4.86. The number of aliphatic imine (C=N–C) groups is 1. The number of hydrogen-bond acceptors (Lipinski definition) is 4. The Bertz CT molecular complexity index is 949. The molecule has 1 aliphatic heterocycles. The summed E-state index contributed by atoms with van der Waals surface area (Å²) in [6, 6.07) is 10.1. The van der Waals surface area contributed by atoms with Crippen LogP contribution < -0.4 is 0 Å². The summed E-state index contributed by atoms with van der Waals surface area (Å²) in [5.41, 5.74) is 4.68. The number of rotatable bonds is 4. The van der Waals surface area contributed by atoms with Crippen LogP contribution in [0.2, 0.25) is 0 Å². The molecule has 0 saturated carbocycles. The number of aromatic nitrogens is 1. The van der Waals surface area contributed by atoms with Crippen LogP contribution in [0.3, 0.4) is 0 Å². The summed E-state index contributed by atoms with van der Waals surface area (Å²) in [4.78, 5) is 21.2. The van der Waals surface area contributed by atoms with Crippen molar-refractivity contribution in [2.45, 2.75) is 32.2 Å². The minimum absolute atomic E-state index is 0.242. The first-order valence-electron chi connectivity index (χ1n) is 8.57. The fourth-order valence-corrected chi connectivity index (χ4v) is 3.49. The highest BCUT2D eigenvalue weighted by Gasteiger charge is 2.31. The van der Waals surface area contributed by atoms with Crippen LogP contribution in [-0.2, 0) is 11.2 Å². The molecule has 0 N–H and O–H groups in total. The van der Waals surface area contributed by atoms with E-state index in [-0.39, 0.29) is 10.0 Å². The Morgan fingerprint density at radius 1 is 1.33 bits per heavy atom. The smallest absolute Gasteiger partial charge is 0.356 e.